The molecule has 0 bridgehead atoms. The number of hydrogen-bond acceptors (Lipinski definition) is 2. The van der Waals surface area contributed by atoms with Crippen molar-refractivity contribution < 1.29 is 9.47 Å². The van der Waals surface area contributed by atoms with Gasteiger partial charge >= 0.3 is 0 Å². The highest BCUT2D eigenvalue weighted by Crippen LogP contribution is 2.58. The van der Waals surface area contributed by atoms with Crippen molar-refractivity contribution in [2.75, 3.05) is 14.2 Å². The molecule has 210 valence electrons. The number of methoxy groups -OCH3 is 2. The van der Waals surface area contributed by atoms with Crippen LogP contribution in [0.3, 0.4) is 0 Å². The Morgan fingerprint density at radius 3 is 1.50 bits per heavy atom. The minimum absolute atomic E-state index is 0.324. The average molecular weight is 537 g/mol. The quantitative estimate of drug-likeness (QED) is 0.297. The fraction of sp³-hybridized carbons (Fsp3) is 0.657. The van der Waals surface area contributed by atoms with Gasteiger partial charge in [0, 0.05) is 11.6 Å². The van der Waals surface area contributed by atoms with E-state index in [4.69, 9.17) is 9.47 Å². The minimum Gasteiger partial charge on any atom is -0.497 e. The zero-order valence-electron chi connectivity index (χ0n) is 25.5. The summed E-state index contributed by atoms with van der Waals surface area (Å²) in [7, 11) is 3.35. The number of ether oxygens (including phenoxy) is 2. The number of hydrogen-bond donors (Lipinski definition) is 0. The topological polar surface area (TPSA) is 18.5 Å². The molecule has 0 radical (unpaired) electrons. The first kappa shape index (κ1) is 29.5. The van der Waals surface area contributed by atoms with Crippen molar-refractivity contribution >= 4 is 13.2 Å². The van der Waals surface area contributed by atoms with E-state index in [9.17, 15) is 0 Å². The fourth-order valence-electron chi connectivity index (χ4n) is 6.96. The molecule has 0 spiro atoms. The summed E-state index contributed by atoms with van der Waals surface area (Å²) in [5, 5.41) is 1.57. The van der Waals surface area contributed by atoms with E-state index in [1.165, 1.54) is 92.0 Å². The van der Waals surface area contributed by atoms with Gasteiger partial charge in [-0.05, 0) is 88.4 Å². The van der Waals surface area contributed by atoms with E-state index < -0.39 is 0 Å². The van der Waals surface area contributed by atoms with Crippen LogP contribution in [0.1, 0.15) is 140 Å². The Hall–Kier alpha value is -1.53. The van der Waals surface area contributed by atoms with Crippen molar-refractivity contribution in [3.63, 3.8) is 0 Å². The summed E-state index contributed by atoms with van der Waals surface area (Å²) < 4.78 is 12.2. The maximum atomic E-state index is 6.29. The van der Waals surface area contributed by atoms with Crippen molar-refractivity contribution in [2.45, 2.75) is 135 Å². The molecule has 2 aromatic rings. The molecule has 0 heterocycles. The van der Waals surface area contributed by atoms with Gasteiger partial charge < -0.3 is 9.47 Å². The van der Waals surface area contributed by atoms with Gasteiger partial charge in [0.1, 0.15) is 11.5 Å². The van der Waals surface area contributed by atoms with E-state index in [2.05, 4.69) is 65.8 Å². The van der Waals surface area contributed by atoms with Crippen LogP contribution in [0.25, 0.3) is 11.1 Å². The van der Waals surface area contributed by atoms with Crippen LogP contribution in [-0.4, -0.2) is 25.5 Å². The summed E-state index contributed by atoms with van der Waals surface area (Å²) in [6.45, 7) is 14.1. The van der Waals surface area contributed by atoms with Crippen LogP contribution in [0.2, 0.25) is 0 Å². The predicted molar refractivity (Wildman–Crippen MR) is 168 cm³/mol. The molecule has 0 aliphatic heterocycles. The molecule has 2 saturated carbocycles. The number of benzene rings is 2. The second kappa shape index (κ2) is 13.2. The first-order chi connectivity index (χ1) is 18.3. The molecule has 0 unspecified atom stereocenters. The third-order valence-electron chi connectivity index (χ3n) is 9.11. The largest absolute Gasteiger partial charge is 0.497 e. The van der Waals surface area contributed by atoms with Crippen molar-refractivity contribution in [3.8, 4) is 22.6 Å². The Morgan fingerprint density at radius 2 is 1.11 bits per heavy atom. The molecule has 3 heteroatoms. The summed E-state index contributed by atoms with van der Waals surface area (Å²) in [5.74, 6) is 3.35. The second-order valence-corrected chi connectivity index (χ2v) is 15.5. The van der Waals surface area contributed by atoms with E-state index in [1.807, 2.05) is 14.2 Å². The average Bonchev–Trinajstić information content (AvgIpc) is 2.93. The molecule has 2 aliphatic rings. The summed E-state index contributed by atoms with van der Waals surface area (Å²) in [4.78, 5) is 0. The lowest BCUT2D eigenvalue weighted by Crippen LogP contribution is -2.28. The zero-order chi connectivity index (χ0) is 27.4. The van der Waals surface area contributed by atoms with Gasteiger partial charge in [0.2, 0.25) is 0 Å². The summed E-state index contributed by atoms with van der Waals surface area (Å²) in [6, 6.07) is 9.61. The van der Waals surface area contributed by atoms with E-state index >= 15 is 0 Å². The molecule has 0 amide bonds. The lowest BCUT2D eigenvalue weighted by Gasteiger charge is -2.40. The van der Waals surface area contributed by atoms with Crippen molar-refractivity contribution in [1.82, 2.24) is 0 Å². The lowest BCUT2D eigenvalue weighted by atomic mass is 9.81. The van der Waals surface area contributed by atoms with Gasteiger partial charge in [0.15, 0.2) is 0 Å². The molecule has 2 fully saturated rings. The van der Waals surface area contributed by atoms with Gasteiger partial charge in [0.05, 0.1) is 14.2 Å². The molecule has 0 saturated heterocycles. The highest BCUT2D eigenvalue weighted by Gasteiger charge is 2.36. The van der Waals surface area contributed by atoms with Crippen molar-refractivity contribution in [2.24, 2.45) is 0 Å². The van der Waals surface area contributed by atoms with E-state index in [1.54, 1.807) is 5.30 Å². The Labute approximate surface area is 235 Å². The summed E-state index contributed by atoms with van der Waals surface area (Å²) in [6.07, 6.45) is 13.9. The molecule has 4 rings (SSSR count). The Morgan fingerprint density at radius 1 is 0.605 bits per heavy atom. The molecular formula is C35H53O2P. The molecular weight excluding hydrogens is 483 g/mol. The minimum atomic E-state index is -0.324. The molecule has 38 heavy (non-hydrogen) atoms. The van der Waals surface area contributed by atoms with Crippen LogP contribution in [0.5, 0.6) is 11.5 Å². The van der Waals surface area contributed by atoms with Gasteiger partial charge in [0.25, 0.3) is 0 Å². The molecule has 0 aromatic heterocycles. The highest BCUT2D eigenvalue weighted by molar-refractivity contribution is 7.67. The van der Waals surface area contributed by atoms with Crippen LogP contribution in [-0.2, 0) is 0 Å². The summed E-state index contributed by atoms with van der Waals surface area (Å²) in [5.41, 5.74) is 8.89. The molecule has 0 atom stereocenters. The van der Waals surface area contributed by atoms with Crippen molar-refractivity contribution in [1.29, 1.82) is 0 Å². The molecule has 0 N–H and O–H groups in total. The van der Waals surface area contributed by atoms with Gasteiger partial charge in [-0.25, -0.2) is 0 Å². The first-order valence-electron chi connectivity index (χ1n) is 15.5. The SMILES string of the molecule is COc1cc(OC)c(-c2c(C(C)C)cc(C(C)C)cc2C(C)C)c(P(C2CCCCC2)C2CCCCC2)c1. The van der Waals surface area contributed by atoms with Crippen molar-refractivity contribution in [3.05, 3.63) is 41.0 Å². The van der Waals surface area contributed by atoms with Crippen LogP contribution < -0.4 is 14.8 Å². The molecule has 2 nitrogen and oxygen atoms in total. The van der Waals surface area contributed by atoms with Crippen LogP contribution in [0.15, 0.2) is 24.3 Å². The lowest BCUT2D eigenvalue weighted by molar-refractivity contribution is 0.396. The standard InChI is InChI=1S/C35H53O2P/c1-23(2)26-19-30(24(3)4)34(31(20-26)25(5)6)35-32(37-8)21-27(36-7)22-33(35)38(28-15-11-9-12-16-28)29-17-13-10-14-18-29/h19-25,28-29H,9-18H2,1-8H3. The Balaban J connectivity index is 2.06. The zero-order valence-corrected chi connectivity index (χ0v) is 26.4. The Kier molecular flexibility index (Phi) is 10.2. The smallest absolute Gasteiger partial charge is 0.131 e. The predicted octanol–water partition coefficient (Wildman–Crippen LogP) is 10.5. The fourth-order valence-corrected chi connectivity index (χ4v) is 10.9. The van der Waals surface area contributed by atoms with E-state index in [0.717, 1.165) is 22.8 Å². The van der Waals surface area contributed by atoms with Crippen LogP contribution in [0, 0.1) is 0 Å². The van der Waals surface area contributed by atoms with Crippen LogP contribution >= 0.6 is 7.92 Å². The van der Waals surface area contributed by atoms with Gasteiger partial charge in [-0.3, -0.25) is 0 Å². The monoisotopic (exact) mass is 536 g/mol. The third-order valence-corrected chi connectivity index (χ3v) is 12.6. The van der Waals surface area contributed by atoms with Crippen LogP contribution in [0.4, 0.5) is 0 Å². The summed E-state index contributed by atoms with van der Waals surface area (Å²) >= 11 is 0. The maximum Gasteiger partial charge on any atom is 0.131 e. The highest BCUT2D eigenvalue weighted by atomic mass is 31.1. The normalized spacial score (nSPS) is 17.7. The van der Waals surface area contributed by atoms with E-state index in [0.29, 0.717) is 17.8 Å². The third kappa shape index (κ3) is 6.27. The van der Waals surface area contributed by atoms with Gasteiger partial charge in [-0.2, -0.15) is 0 Å². The van der Waals surface area contributed by atoms with Gasteiger partial charge in [-0.15, -0.1) is 0 Å². The maximum absolute atomic E-state index is 6.29. The van der Waals surface area contributed by atoms with E-state index in [-0.39, 0.29) is 7.92 Å². The first-order valence-corrected chi connectivity index (χ1v) is 17.0. The molecule has 2 aromatic carbocycles. The molecule has 2 aliphatic carbocycles. The Bertz CT molecular complexity index is 1010. The van der Waals surface area contributed by atoms with Gasteiger partial charge in [-0.1, -0.05) is 100 Å². The second-order valence-electron chi connectivity index (χ2n) is 12.8. The number of rotatable bonds is 9.